The van der Waals surface area contributed by atoms with E-state index in [-0.39, 0.29) is 17.9 Å². The Morgan fingerprint density at radius 2 is 1.76 bits per heavy atom. The van der Waals surface area contributed by atoms with E-state index in [0.717, 1.165) is 25.7 Å². The third-order valence-corrected chi connectivity index (χ3v) is 6.36. The Balaban J connectivity index is 1.52. The molecule has 2 N–H and O–H groups in total. The van der Waals surface area contributed by atoms with E-state index in [2.05, 4.69) is 19.9 Å². The van der Waals surface area contributed by atoms with Gasteiger partial charge in [-0.15, -0.1) is 0 Å². The van der Waals surface area contributed by atoms with E-state index in [1.54, 1.807) is 30.3 Å². The summed E-state index contributed by atoms with van der Waals surface area (Å²) in [7, 11) is 0. The number of para-hydroxylation sites is 2. The van der Waals surface area contributed by atoms with E-state index in [1.807, 2.05) is 0 Å². The number of hydrogen-bond acceptors (Lipinski definition) is 7. The first-order chi connectivity index (χ1) is 16.1. The van der Waals surface area contributed by atoms with Crippen molar-refractivity contribution in [2.75, 3.05) is 37.8 Å². The van der Waals surface area contributed by atoms with Gasteiger partial charge in [-0.05, 0) is 43.7 Å². The number of nitrogens with zero attached hydrogens (tertiary/aromatic N) is 5. The van der Waals surface area contributed by atoms with Crippen LogP contribution in [-0.4, -0.2) is 58.5 Å². The van der Waals surface area contributed by atoms with Crippen LogP contribution in [0.5, 0.6) is 6.01 Å². The van der Waals surface area contributed by atoms with Crippen LogP contribution in [0.25, 0.3) is 16.9 Å². The van der Waals surface area contributed by atoms with Gasteiger partial charge in [-0.1, -0.05) is 12.1 Å². The second kappa shape index (κ2) is 9.56. The number of anilines is 1. The molecule has 1 aliphatic heterocycles. The number of halogens is 2. The predicted molar refractivity (Wildman–Crippen MR) is 120 cm³/mol. The summed E-state index contributed by atoms with van der Waals surface area (Å²) in [5, 5.41) is 0. The number of alkyl halides is 2. The van der Waals surface area contributed by atoms with E-state index in [1.165, 1.54) is 4.57 Å². The van der Waals surface area contributed by atoms with Gasteiger partial charge in [0.1, 0.15) is 11.6 Å². The Labute approximate surface area is 190 Å². The predicted octanol–water partition coefficient (Wildman–Crippen LogP) is 3.49. The number of nitrogens with two attached hydrogens (primary N) is 1. The molecule has 10 heteroatoms. The summed E-state index contributed by atoms with van der Waals surface area (Å²) in [4.78, 5) is 15.4. The lowest BCUT2D eigenvalue weighted by Crippen LogP contribution is -2.37. The van der Waals surface area contributed by atoms with Gasteiger partial charge in [-0.2, -0.15) is 9.97 Å². The van der Waals surface area contributed by atoms with Gasteiger partial charge in [0.2, 0.25) is 0 Å². The lowest BCUT2D eigenvalue weighted by atomic mass is 9.87. The van der Waals surface area contributed by atoms with E-state index in [9.17, 15) is 8.78 Å². The highest BCUT2D eigenvalue weighted by atomic mass is 19.3. The second-order valence-electron chi connectivity index (χ2n) is 8.65. The zero-order valence-electron chi connectivity index (χ0n) is 18.4. The minimum Gasteiger partial charge on any atom is -0.463 e. The Morgan fingerprint density at radius 1 is 1.03 bits per heavy atom. The molecule has 0 unspecified atom stereocenters. The van der Waals surface area contributed by atoms with Crippen LogP contribution in [0.2, 0.25) is 0 Å². The molecule has 8 nitrogen and oxygen atoms in total. The Kier molecular flexibility index (Phi) is 6.37. The van der Waals surface area contributed by atoms with Crippen LogP contribution in [0.4, 0.5) is 14.6 Å². The van der Waals surface area contributed by atoms with Gasteiger partial charge in [0.15, 0.2) is 5.82 Å². The fourth-order valence-corrected chi connectivity index (χ4v) is 4.51. The van der Waals surface area contributed by atoms with Crippen LogP contribution in [0, 0.1) is 5.92 Å². The first-order valence-corrected chi connectivity index (χ1v) is 11.4. The second-order valence-corrected chi connectivity index (χ2v) is 8.65. The van der Waals surface area contributed by atoms with E-state index >= 15 is 0 Å². The molecule has 176 valence electrons. The van der Waals surface area contributed by atoms with Crippen LogP contribution in [0.3, 0.4) is 0 Å². The molecule has 0 radical (unpaired) electrons. The highest BCUT2D eigenvalue weighted by molar-refractivity contribution is 5.78. The zero-order chi connectivity index (χ0) is 22.8. The summed E-state index contributed by atoms with van der Waals surface area (Å²) in [6.07, 6.45) is 1.20. The molecule has 33 heavy (non-hydrogen) atoms. The Hall–Kier alpha value is -2.85. The molecule has 2 aromatic heterocycles. The van der Waals surface area contributed by atoms with Crippen molar-refractivity contribution in [3.63, 3.8) is 0 Å². The highest BCUT2D eigenvalue weighted by Gasteiger charge is 2.24. The van der Waals surface area contributed by atoms with Gasteiger partial charge in [0, 0.05) is 25.2 Å². The lowest BCUT2D eigenvalue weighted by molar-refractivity contribution is 0.122. The molecule has 3 aromatic rings. The van der Waals surface area contributed by atoms with Crippen molar-refractivity contribution in [2.45, 2.75) is 38.2 Å². The van der Waals surface area contributed by atoms with Gasteiger partial charge >= 0.3 is 6.01 Å². The molecule has 0 spiro atoms. The number of ether oxygens (including phenoxy) is 2. The van der Waals surface area contributed by atoms with Crippen LogP contribution in [-0.2, 0) is 4.74 Å². The van der Waals surface area contributed by atoms with Gasteiger partial charge in [-0.25, -0.2) is 13.8 Å². The van der Waals surface area contributed by atoms with Crippen molar-refractivity contribution in [2.24, 2.45) is 11.7 Å². The fourth-order valence-electron chi connectivity index (χ4n) is 4.51. The van der Waals surface area contributed by atoms with Gasteiger partial charge < -0.3 is 20.1 Å². The Bertz CT molecular complexity index is 1090. The first kappa shape index (κ1) is 22.0. The third kappa shape index (κ3) is 4.77. The van der Waals surface area contributed by atoms with Crippen molar-refractivity contribution in [1.82, 2.24) is 19.5 Å². The normalized spacial score (nSPS) is 21.6. The third-order valence-electron chi connectivity index (χ3n) is 6.36. The maximum atomic E-state index is 13.9. The van der Waals surface area contributed by atoms with Gasteiger partial charge in [-0.3, -0.25) is 4.57 Å². The Morgan fingerprint density at radius 3 is 2.52 bits per heavy atom. The minimum atomic E-state index is -2.75. The lowest BCUT2D eigenvalue weighted by Gasteiger charge is -2.28. The minimum absolute atomic E-state index is 0.182. The molecular formula is C23H28F2N6O2. The molecule has 5 rings (SSSR count). The monoisotopic (exact) mass is 458 g/mol. The largest absolute Gasteiger partial charge is 0.463 e. The van der Waals surface area contributed by atoms with Crippen LogP contribution in [0.1, 0.15) is 37.9 Å². The van der Waals surface area contributed by atoms with E-state index in [4.69, 9.17) is 15.2 Å². The number of morpholine rings is 1. The molecule has 0 atom stereocenters. The summed E-state index contributed by atoms with van der Waals surface area (Å²) < 4.78 is 40.7. The molecule has 2 fully saturated rings. The molecule has 2 aliphatic rings. The van der Waals surface area contributed by atoms with Crippen LogP contribution < -0.4 is 15.4 Å². The summed E-state index contributed by atoms with van der Waals surface area (Å²) in [5.74, 6) is 0.975. The summed E-state index contributed by atoms with van der Waals surface area (Å²) in [6, 6.07) is 9.21. The van der Waals surface area contributed by atoms with E-state index < -0.39 is 6.43 Å². The number of fused-ring (bicyclic) bond motifs is 1. The quantitative estimate of drug-likeness (QED) is 0.605. The molecule has 1 aliphatic carbocycles. The maximum absolute atomic E-state index is 13.9. The number of aromatic nitrogens is 4. The molecule has 0 bridgehead atoms. The van der Waals surface area contributed by atoms with Crippen molar-refractivity contribution in [3.8, 4) is 11.8 Å². The smallest absolute Gasteiger partial charge is 0.320 e. The highest BCUT2D eigenvalue weighted by Crippen LogP contribution is 2.30. The van der Waals surface area contributed by atoms with Crippen molar-refractivity contribution < 1.29 is 18.3 Å². The summed E-state index contributed by atoms with van der Waals surface area (Å²) in [5.41, 5.74) is 7.06. The molecule has 0 amide bonds. The van der Waals surface area contributed by atoms with Gasteiger partial charge in [0.25, 0.3) is 6.43 Å². The maximum Gasteiger partial charge on any atom is 0.320 e. The standard InChI is InChI=1S/C23H28F2N6O2/c24-21(25)22-27-17-3-1-2-4-18(17)31(22)20-13-19(30-9-11-32-12-10-30)28-23(29-20)33-14-15-5-7-16(26)8-6-15/h1-4,13,15-16,21H,5-12,14,26H2/t15-,16-. The average Bonchev–Trinajstić information content (AvgIpc) is 3.24. The van der Waals surface area contributed by atoms with Crippen LogP contribution >= 0.6 is 0 Å². The van der Waals surface area contributed by atoms with Gasteiger partial charge in [0.05, 0.1) is 30.9 Å². The van der Waals surface area contributed by atoms with Crippen molar-refractivity contribution >= 4 is 16.9 Å². The number of rotatable bonds is 6. The summed E-state index contributed by atoms with van der Waals surface area (Å²) in [6.45, 7) is 2.94. The number of imidazole rings is 1. The fraction of sp³-hybridized carbons (Fsp3) is 0.522. The van der Waals surface area contributed by atoms with E-state index in [0.29, 0.717) is 61.5 Å². The topological polar surface area (TPSA) is 91.3 Å². The molecule has 1 saturated carbocycles. The molecular weight excluding hydrogens is 430 g/mol. The van der Waals surface area contributed by atoms with Crippen molar-refractivity contribution in [1.29, 1.82) is 0 Å². The van der Waals surface area contributed by atoms with Crippen LogP contribution in [0.15, 0.2) is 30.3 Å². The first-order valence-electron chi connectivity index (χ1n) is 11.4. The SMILES string of the molecule is N[C@H]1CC[C@H](COc2nc(N3CCOCC3)cc(-n3c(C(F)F)nc4ccccc43)n2)CC1. The molecule has 1 aromatic carbocycles. The summed E-state index contributed by atoms with van der Waals surface area (Å²) >= 11 is 0. The molecule has 1 saturated heterocycles. The number of benzene rings is 1. The molecule has 3 heterocycles. The average molecular weight is 459 g/mol. The van der Waals surface area contributed by atoms with Crippen molar-refractivity contribution in [3.05, 3.63) is 36.2 Å². The zero-order valence-corrected chi connectivity index (χ0v) is 18.4. The number of hydrogen-bond donors (Lipinski definition) is 1.